The smallest absolute Gasteiger partial charge is 0.231 e. The summed E-state index contributed by atoms with van der Waals surface area (Å²) < 4.78 is 5.54. The van der Waals surface area contributed by atoms with Gasteiger partial charge in [0, 0.05) is 12.2 Å². The van der Waals surface area contributed by atoms with Crippen molar-refractivity contribution in [2.24, 2.45) is 11.1 Å². The molecule has 2 rings (SSSR count). The minimum atomic E-state index is -0.362. The summed E-state index contributed by atoms with van der Waals surface area (Å²) in [6.07, 6.45) is 1.78. The average molecular weight is 283 g/mol. The highest BCUT2D eigenvalue weighted by atomic mass is 35.5. The quantitative estimate of drug-likeness (QED) is 0.873. The standard InChI is InChI=1S/C14H19ClN2O2/c1-9(2)19-12-4-3-10(7-11(12)15)17-13(18)14(8-16)5-6-14/h3-4,7,9H,5-6,8,16H2,1-2H3,(H,17,18). The number of anilines is 1. The number of hydrogen-bond acceptors (Lipinski definition) is 3. The normalized spacial score (nSPS) is 16.3. The number of halogens is 1. The summed E-state index contributed by atoms with van der Waals surface area (Å²) in [4.78, 5) is 12.0. The van der Waals surface area contributed by atoms with E-state index in [1.807, 2.05) is 13.8 Å². The van der Waals surface area contributed by atoms with E-state index < -0.39 is 0 Å². The second-order valence-electron chi connectivity index (χ2n) is 5.25. The first-order chi connectivity index (χ1) is 8.97. The molecule has 1 aliphatic carbocycles. The Morgan fingerprint density at radius 2 is 2.21 bits per heavy atom. The fourth-order valence-corrected chi connectivity index (χ4v) is 2.09. The summed E-state index contributed by atoms with van der Waals surface area (Å²) in [5.41, 5.74) is 5.94. The van der Waals surface area contributed by atoms with Gasteiger partial charge in [0.1, 0.15) is 5.75 Å². The van der Waals surface area contributed by atoms with E-state index in [1.165, 1.54) is 0 Å². The molecule has 0 aliphatic heterocycles. The first kappa shape index (κ1) is 14.2. The average Bonchev–Trinajstić information content (AvgIpc) is 3.13. The Kier molecular flexibility index (Phi) is 4.02. The third-order valence-corrected chi connectivity index (χ3v) is 3.57. The Labute approximate surface area is 118 Å². The van der Waals surface area contributed by atoms with Gasteiger partial charge in [-0.05, 0) is 44.9 Å². The maximum Gasteiger partial charge on any atom is 0.231 e. The van der Waals surface area contributed by atoms with Gasteiger partial charge in [-0.1, -0.05) is 11.6 Å². The summed E-state index contributed by atoms with van der Waals surface area (Å²) in [5.74, 6) is 0.596. The number of hydrogen-bond donors (Lipinski definition) is 2. The SMILES string of the molecule is CC(C)Oc1ccc(NC(=O)C2(CN)CC2)cc1Cl. The van der Waals surface area contributed by atoms with Gasteiger partial charge in [-0.25, -0.2) is 0 Å². The maximum absolute atomic E-state index is 12.0. The van der Waals surface area contributed by atoms with E-state index in [0.29, 0.717) is 23.0 Å². The summed E-state index contributed by atoms with van der Waals surface area (Å²) in [6.45, 7) is 4.26. The van der Waals surface area contributed by atoms with Gasteiger partial charge in [0.2, 0.25) is 5.91 Å². The van der Waals surface area contributed by atoms with Crippen LogP contribution in [0.2, 0.25) is 5.02 Å². The van der Waals surface area contributed by atoms with Gasteiger partial charge >= 0.3 is 0 Å². The lowest BCUT2D eigenvalue weighted by Crippen LogP contribution is -2.30. The van der Waals surface area contributed by atoms with Crippen LogP contribution in [0.15, 0.2) is 18.2 Å². The number of nitrogens with one attached hydrogen (secondary N) is 1. The molecule has 1 aromatic rings. The third kappa shape index (κ3) is 3.19. The predicted molar refractivity (Wildman–Crippen MR) is 76.6 cm³/mol. The molecule has 0 saturated heterocycles. The lowest BCUT2D eigenvalue weighted by molar-refractivity contribution is -0.120. The van der Waals surface area contributed by atoms with Crippen molar-refractivity contribution in [3.8, 4) is 5.75 Å². The molecule has 0 heterocycles. The van der Waals surface area contributed by atoms with Crippen LogP contribution in [-0.4, -0.2) is 18.6 Å². The number of carbonyl (C=O) groups excluding carboxylic acids is 1. The van der Waals surface area contributed by atoms with Gasteiger partial charge in [-0.3, -0.25) is 4.79 Å². The molecule has 19 heavy (non-hydrogen) atoms. The number of rotatable bonds is 5. The highest BCUT2D eigenvalue weighted by Crippen LogP contribution is 2.45. The number of carbonyl (C=O) groups is 1. The largest absolute Gasteiger partial charge is 0.489 e. The lowest BCUT2D eigenvalue weighted by atomic mass is 10.1. The number of nitrogens with two attached hydrogens (primary N) is 1. The predicted octanol–water partition coefficient (Wildman–Crippen LogP) is 2.80. The fraction of sp³-hybridized carbons (Fsp3) is 0.500. The van der Waals surface area contributed by atoms with E-state index in [0.717, 1.165) is 12.8 Å². The summed E-state index contributed by atoms with van der Waals surface area (Å²) >= 11 is 6.12. The van der Waals surface area contributed by atoms with E-state index in [2.05, 4.69) is 5.32 Å². The molecule has 1 saturated carbocycles. The molecule has 5 heteroatoms. The van der Waals surface area contributed by atoms with Crippen LogP contribution in [0, 0.1) is 5.41 Å². The van der Waals surface area contributed by atoms with Crippen LogP contribution in [-0.2, 0) is 4.79 Å². The molecule has 0 radical (unpaired) electrons. The van der Waals surface area contributed by atoms with Gasteiger partial charge in [0.15, 0.2) is 0 Å². The molecule has 1 aromatic carbocycles. The van der Waals surface area contributed by atoms with Crippen molar-refractivity contribution in [3.63, 3.8) is 0 Å². The monoisotopic (exact) mass is 282 g/mol. The topological polar surface area (TPSA) is 64.3 Å². The number of benzene rings is 1. The highest BCUT2D eigenvalue weighted by Gasteiger charge is 2.48. The molecule has 0 unspecified atom stereocenters. The van der Waals surface area contributed by atoms with E-state index in [-0.39, 0.29) is 17.4 Å². The lowest BCUT2D eigenvalue weighted by Gasteiger charge is -2.15. The molecule has 0 atom stereocenters. The summed E-state index contributed by atoms with van der Waals surface area (Å²) in [5, 5.41) is 3.35. The van der Waals surface area contributed by atoms with Gasteiger partial charge in [0.25, 0.3) is 0 Å². The molecule has 0 spiro atoms. The Morgan fingerprint density at radius 1 is 1.53 bits per heavy atom. The van der Waals surface area contributed by atoms with Crippen LogP contribution in [0.5, 0.6) is 5.75 Å². The number of amides is 1. The summed E-state index contributed by atoms with van der Waals surface area (Å²) in [6, 6.07) is 5.25. The fourth-order valence-electron chi connectivity index (χ4n) is 1.87. The molecule has 4 nitrogen and oxygen atoms in total. The second-order valence-corrected chi connectivity index (χ2v) is 5.66. The molecule has 1 aliphatic rings. The van der Waals surface area contributed by atoms with Crippen molar-refractivity contribution in [3.05, 3.63) is 23.2 Å². The van der Waals surface area contributed by atoms with Crippen molar-refractivity contribution < 1.29 is 9.53 Å². The Morgan fingerprint density at radius 3 is 2.68 bits per heavy atom. The van der Waals surface area contributed by atoms with Crippen molar-refractivity contribution in [1.82, 2.24) is 0 Å². The van der Waals surface area contributed by atoms with Crippen molar-refractivity contribution in [1.29, 1.82) is 0 Å². The first-order valence-corrected chi connectivity index (χ1v) is 6.82. The molecule has 104 valence electrons. The third-order valence-electron chi connectivity index (χ3n) is 3.28. The Balaban J connectivity index is 2.06. The minimum absolute atomic E-state index is 0.0244. The molecule has 0 bridgehead atoms. The minimum Gasteiger partial charge on any atom is -0.489 e. The van der Waals surface area contributed by atoms with E-state index in [9.17, 15) is 4.79 Å². The van der Waals surface area contributed by atoms with Crippen LogP contribution < -0.4 is 15.8 Å². The van der Waals surface area contributed by atoms with Crippen molar-refractivity contribution in [2.45, 2.75) is 32.8 Å². The zero-order chi connectivity index (χ0) is 14.0. The van der Waals surface area contributed by atoms with E-state index >= 15 is 0 Å². The van der Waals surface area contributed by atoms with Crippen LogP contribution in [0.1, 0.15) is 26.7 Å². The van der Waals surface area contributed by atoms with Crippen molar-refractivity contribution in [2.75, 3.05) is 11.9 Å². The highest BCUT2D eigenvalue weighted by molar-refractivity contribution is 6.32. The van der Waals surface area contributed by atoms with Crippen LogP contribution in [0.4, 0.5) is 5.69 Å². The first-order valence-electron chi connectivity index (χ1n) is 6.44. The van der Waals surface area contributed by atoms with Crippen LogP contribution in [0.25, 0.3) is 0 Å². The Bertz CT molecular complexity index is 484. The van der Waals surface area contributed by atoms with Gasteiger partial charge < -0.3 is 15.8 Å². The van der Waals surface area contributed by atoms with Crippen LogP contribution in [0.3, 0.4) is 0 Å². The van der Waals surface area contributed by atoms with Gasteiger partial charge in [-0.15, -0.1) is 0 Å². The van der Waals surface area contributed by atoms with Crippen molar-refractivity contribution >= 4 is 23.2 Å². The maximum atomic E-state index is 12.0. The molecular formula is C14H19ClN2O2. The molecular weight excluding hydrogens is 264 g/mol. The van der Waals surface area contributed by atoms with Crippen LogP contribution >= 0.6 is 11.6 Å². The molecule has 3 N–H and O–H groups in total. The zero-order valence-corrected chi connectivity index (χ0v) is 12.0. The van der Waals surface area contributed by atoms with E-state index in [4.69, 9.17) is 22.1 Å². The van der Waals surface area contributed by atoms with Gasteiger partial charge in [0.05, 0.1) is 16.5 Å². The summed E-state index contributed by atoms with van der Waals surface area (Å²) in [7, 11) is 0. The number of ether oxygens (including phenoxy) is 1. The second kappa shape index (κ2) is 5.39. The molecule has 0 aromatic heterocycles. The Hall–Kier alpha value is -1.26. The zero-order valence-electron chi connectivity index (χ0n) is 11.2. The molecule has 1 fully saturated rings. The van der Waals surface area contributed by atoms with Gasteiger partial charge in [-0.2, -0.15) is 0 Å². The van der Waals surface area contributed by atoms with E-state index in [1.54, 1.807) is 18.2 Å². The molecule has 1 amide bonds.